The number of aromatic nitrogens is 1. The van der Waals surface area contributed by atoms with E-state index in [1.165, 1.54) is 11.3 Å². The van der Waals surface area contributed by atoms with Gasteiger partial charge < -0.3 is 14.8 Å². The van der Waals surface area contributed by atoms with E-state index in [4.69, 9.17) is 14.5 Å². The second kappa shape index (κ2) is 12.0. The third-order valence-corrected chi connectivity index (χ3v) is 7.52. The van der Waals surface area contributed by atoms with E-state index in [9.17, 15) is 9.59 Å². The second-order valence-corrected chi connectivity index (χ2v) is 10.5. The summed E-state index contributed by atoms with van der Waals surface area (Å²) in [5, 5.41) is 6.13. The van der Waals surface area contributed by atoms with E-state index in [1.54, 1.807) is 27.7 Å². The molecule has 0 amide bonds. The van der Waals surface area contributed by atoms with Crippen molar-refractivity contribution in [2.75, 3.05) is 18.5 Å². The van der Waals surface area contributed by atoms with Crippen LogP contribution in [0.5, 0.6) is 0 Å². The average Bonchev–Trinajstić information content (AvgIpc) is 3.33. The van der Waals surface area contributed by atoms with Gasteiger partial charge in [-0.25, -0.2) is 9.78 Å². The maximum Gasteiger partial charge on any atom is 0.336 e. The van der Waals surface area contributed by atoms with Gasteiger partial charge in [0.05, 0.1) is 24.5 Å². The number of carbonyl (C=O) groups is 2. The summed E-state index contributed by atoms with van der Waals surface area (Å²) in [7, 11) is 0. The van der Waals surface area contributed by atoms with Crippen LogP contribution >= 0.6 is 33.9 Å². The quantitative estimate of drug-likeness (QED) is 0.220. The summed E-state index contributed by atoms with van der Waals surface area (Å²) < 4.78 is 12.0. The first-order chi connectivity index (χ1) is 17.8. The molecule has 9 heteroatoms. The van der Waals surface area contributed by atoms with Gasteiger partial charge in [-0.1, -0.05) is 30.3 Å². The van der Waals surface area contributed by atoms with Gasteiger partial charge in [0.15, 0.2) is 5.13 Å². The number of anilines is 2. The van der Waals surface area contributed by atoms with Crippen molar-refractivity contribution in [1.82, 2.24) is 4.98 Å². The Morgan fingerprint density at radius 2 is 1.73 bits per heavy atom. The fraction of sp³-hybridized carbons (Fsp3) is 0.286. The largest absolute Gasteiger partial charge is 0.465 e. The maximum absolute atomic E-state index is 13.2. The van der Waals surface area contributed by atoms with Gasteiger partial charge in [0, 0.05) is 37.5 Å². The van der Waals surface area contributed by atoms with Gasteiger partial charge in [0.1, 0.15) is 5.92 Å². The Labute approximate surface area is 234 Å². The first kappa shape index (κ1) is 27.0. The van der Waals surface area contributed by atoms with Gasteiger partial charge >= 0.3 is 11.9 Å². The minimum absolute atomic E-state index is 0.218. The monoisotopic (exact) mass is 629 g/mol. The molecule has 1 N–H and O–H groups in total. The molecule has 37 heavy (non-hydrogen) atoms. The van der Waals surface area contributed by atoms with E-state index in [1.807, 2.05) is 53.9 Å². The normalized spacial score (nSPS) is 17.3. The van der Waals surface area contributed by atoms with Crippen molar-refractivity contribution in [3.05, 3.63) is 74.3 Å². The van der Waals surface area contributed by atoms with Gasteiger partial charge in [0.2, 0.25) is 0 Å². The molecule has 0 saturated heterocycles. The fourth-order valence-corrected chi connectivity index (χ4v) is 5.56. The van der Waals surface area contributed by atoms with Crippen LogP contribution in [0.25, 0.3) is 11.3 Å². The van der Waals surface area contributed by atoms with E-state index in [2.05, 4.69) is 32.9 Å². The minimum atomic E-state index is -0.760. The molecule has 0 fully saturated rings. The fourth-order valence-electron chi connectivity index (χ4n) is 4.47. The zero-order valence-electron chi connectivity index (χ0n) is 21.1. The number of para-hydroxylation sites is 1. The molecule has 2 atom stereocenters. The number of allylic oxidation sites excluding steroid dienone is 1. The molecule has 0 saturated carbocycles. The SMILES string of the molecule is CCOC(=O)C1=C(C)N=C(C)C(C(=O)OCC)C1c1ccccc1Nc1nc(-c2ccc(I)cc2)cs1. The Kier molecular flexibility index (Phi) is 8.75. The smallest absolute Gasteiger partial charge is 0.336 e. The lowest BCUT2D eigenvalue weighted by Gasteiger charge is -2.32. The molecular formula is C28H28IN3O4S. The van der Waals surface area contributed by atoms with Crippen molar-refractivity contribution >= 4 is 62.4 Å². The number of rotatable bonds is 8. The number of halogens is 1. The van der Waals surface area contributed by atoms with Crippen molar-refractivity contribution in [1.29, 1.82) is 0 Å². The lowest BCUT2D eigenvalue weighted by atomic mass is 9.75. The zero-order chi connectivity index (χ0) is 26.5. The van der Waals surface area contributed by atoms with E-state index < -0.39 is 23.8 Å². The molecule has 2 heterocycles. The van der Waals surface area contributed by atoms with Crippen molar-refractivity contribution in [2.24, 2.45) is 10.9 Å². The topological polar surface area (TPSA) is 89.9 Å². The van der Waals surface area contributed by atoms with Crippen LogP contribution < -0.4 is 5.32 Å². The van der Waals surface area contributed by atoms with Crippen LogP contribution in [0.4, 0.5) is 10.8 Å². The predicted molar refractivity (Wildman–Crippen MR) is 155 cm³/mol. The number of benzene rings is 2. The number of hydrogen-bond acceptors (Lipinski definition) is 8. The highest BCUT2D eigenvalue weighted by molar-refractivity contribution is 14.1. The molecule has 3 aromatic rings. The third kappa shape index (κ3) is 5.93. The summed E-state index contributed by atoms with van der Waals surface area (Å²) >= 11 is 3.77. The second-order valence-electron chi connectivity index (χ2n) is 8.44. The molecule has 1 aromatic heterocycles. The lowest BCUT2D eigenvalue weighted by Crippen LogP contribution is -2.36. The van der Waals surface area contributed by atoms with Gasteiger partial charge in [-0.05, 0) is 74.0 Å². The number of nitrogens with zero attached hydrogens (tertiary/aromatic N) is 2. The summed E-state index contributed by atoms with van der Waals surface area (Å²) in [6, 6.07) is 15.8. The summed E-state index contributed by atoms with van der Waals surface area (Å²) in [5.74, 6) is -2.30. The number of aliphatic imine (C=N–C) groups is 1. The van der Waals surface area contributed by atoms with Crippen LogP contribution in [0.3, 0.4) is 0 Å². The summed E-state index contributed by atoms with van der Waals surface area (Å²) in [6.45, 7) is 7.53. The third-order valence-electron chi connectivity index (χ3n) is 6.05. The number of ether oxygens (including phenoxy) is 2. The number of thiazole rings is 1. The average molecular weight is 630 g/mol. The van der Waals surface area contributed by atoms with Crippen molar-refractivity contribution in [3.63, 3.8) is 0 Å². The van der Waals surface area contributed by atoms with Crippen LogP contribution in [0, 0.1) is 9.49 Å². The first-order valence-electron chi connectivity index (χ1n) is 12.0. The van der Waals surface area contributed by atoms with Crippen molar-refractivity contribution in [2.45, 2.75) is 33.6 Å². The van der Waals surface area contributed by atoms with Crippen LogP contribution in [0.1, 0.15) is 39.2 Å². The predicted octanol–water partition coefficient (Wildman–Crippen LogP) is 6.73. The molecule has 0 radical (unpaired) electrons. The van der Waals surface area contributed by atoms with Gasteiger partial charge in [-0.2, -0.15) is 0 Å². The number of esters is 2. The van der Waals surface area contributed by atoms with Gasteiger partial charge in [-0.3, -0.25) is 9.79 Å². The summed E-state index contributed by atoms with van der Waals surface area (Å²) in [5.41, 5.74) is 4.90. The van der Waals surface area contributed by atoms with Crippen LogP contribution in [-0.4, -0.2) is 35.8 Å². The van der Waals surface area contributed by atoms with Gasteiger partial charge in [0.25, 0.3) is 0 Å². The molecule has 192 valence electrons. The Morgan fingerprint density at radius 3 is 2.43 bits per heavy atom. The molecular weight excluding hydrogens is 601 g/mol. The van der Waals surface area contributed by atoms with E-state index in [0.717, 1.165) is 26.1 Å². The number of nitrogens with one attached hydrogen (secondary N) is 1. The lowest BCUT2D eigenvalue weighted by molar-refractivity contribution is -0.146. The van der Waals surface area contributed by atoms with Crippen LogP contribution in [0.15, 0.2) is 70.2 Å². The molecule has 2 aromatic carbocycles. The molecule has 1 aliphatic heterocycles. The maximum atomic E-state index is 13.2. The standard InChI is InChI=1S/C28H28IN3O4S/c1-5-35-26(33)23-16(3)30-17(4)24(27(34)36-6-2)25(23)20-9-7-8-10-21(20)31-28-32-22(15-37-28)18-11-13-19(29)14-12-18/h7-15,23,25H,5-6H2,1-4H3,(H,31,32). The first-order valence-corrected chi connectivity index (χ1v) is 14.0. The number of hydrogen-bond donors (Lipinski definition) is 1. The van der Waals surface area contributed by atoms with Crippen LogP contribution in [0.2, 0.25) is 0 Å². The van der Waals surface area contributed by atoms with Gasteiger partial charge in [-0.15, -0.1) is 11.3 Å². The van der Waals surface area contributed by atoms with E-state index >= 15 is 0 Å². The highest BCUT2D eigenvalue weighted by Gasteiger charge is 2.43. The number of carbonyl (C=O) groups excluding carboxylic acids is 2. The molecule has 0 bridgehead atoms. The molecule has 0 aliphatic carbocycles. The van der Waals surface area contributed by atoms with Crippen molar-refractivity contribution < 1.29 is 19.1 Å². The minimum Gasteiger partial charge on any atom is -0.465 e. The Bertz CT molecular complexity index is 1360. The highest BCUT2D eigenvalue weighted by atomic mass is 127. The van der Waals surface area contributed by atoms with Crippen molar-refractivity contribution in [3.8, 4) is 11.3 Å². The van der Waals surface area contributed by atoms with Crippen LogP contribution in [-0.2, 0) is 19.1 Å². The molecule has 2 unspecified atom stereocenters. The molecule has 4 rings (SSSR count). The Morgan fingerprint density at radius 1 is 1.03 bits per heavy atom. The zero-order valence-corrected chi connectivity index (χ0v) is 24.1. The van der Waals surface area contributed by atoms with E-state index in [-0.39, 0.29) is 13.2 Å². The summed E-state index contributed by atoms with van der Waals surface area (Å²) in [4.78, 5) is 35.6. The molecule has 7 nitrogen and oxygen atoms in total. The molecule has 0 spiro atoms. The molecule has 1 aliphatic rings. The van der Waals surface area contributed by atoms with E-state index in [0.29, 0.717) is 22.1 Å². The highest BCUT2D eigenvalue weighted by Crippen LogP contribution is 2.43. The Balaban J connectivity index is 1.76. The summed E-state index contributed by atoms with van der Waals surface area (Å²) in [6.07, 6.45) is 0. The Hall–Kier alpha value is -3.05.